The van der Waals surface area contributed by atoms with Crippen LogP contribution in [0.25, 0.3) is 0 Å². The van der Waals surface area contributed by atoms with E-state index < -0.39 is 0 Å². The molecule has 0 amide bonds. The third-order valence-electron chi connectivity index (χ3n) is 2.98. The number of nitrogens with zero attached hydrogens (tertiary/aromatic N) is 3. The lowest BCUT2D eigenvalue weighted by Crippen LogP contribution is -2.38. The predicted molar refractivity (Wildman–Crippen MR) is 62.3 cm³/mol. The molecular formula is C12H19N3. The first-order valence-electron chi connectivity index (χ1n) is 5.81. The van der Waals surface area contributed by atoms with E-state index in [0.717, 1.165) is 37.6 Å². The highest BCUT2D eigenvalue weighted by atomic mass is 15.2. The minimum atomic E-state index is 0.908. The molecular weight excluding hydrogens is 186 g/mol. The summed E-state index contributed by atoms with van der Waals surface area (Å²) < 4.78 is 0. The van der Waals surface area contributed by atoms with Gasteiger partial charge in [0.15, 0.2) is 0 Å². The van der Waals surface area contributed by atoms with Crippen LogP contribution in [-0.4, -0.2) is 23.1 Å². The van der Waals surface area contributed by atoms with E-state index in [0.29, 0.717) is 0 Å². The first kappa shape index (κ1) is 10.4. The fourth-order valence-corrected chi connectivity index (χ4v) is 1.99. The number of rotatable bonds is 3. The van der Waals surface area contributed by atoms with E-state index >= 15 is 0 Å². The summed E-state index contributed by atoms with van der Waals surface area (Å²) in [7, 11) is 0. The third-order valence-corrected chi connectivity index (χ3v) is 2.98. The van der Waals surface area contributed by atoms with Crippen LogP contribution >= 0.6 is 0 Å². The second-order valence-corrected chi connectivity index (χ2v) is 4.26. The Hall–Kier alpha value is -1.12. The molecule has 15 heavy (non-hydrogen) atoms. The smallest absolute Gasteiger partial charge is 0.135 e. The standard InChI is InChI=1S/C12H19N3/c1-4-6-11-9(2)12(14-10(3)13-11)15-7-5-8-15/h4-8H2,1-3H3. The van der Waals surface area contributed by atoms with Crippen LogP contribution in [0.15, 0.2) is 0 Å². The number of aromatic nitrogens is 2. The molecule has 1 fully saturated rings. The Morgan fingerprint density at radius 3 is 2.47 bits per heavy atom. The summed E-state index contributed by atoms with van der Waals surface area (Å²) in [5.41, 5.74) is 2.51. The van der Waals surface area contributed by atoms with Gasteiger partial charge in [-0.1, -0.05) is 13.3 Å². The Morgan fingerprint density at radius 2 is 1.93 bits per heavy atom. The zero-order valence-electron chi connectivity index (χ0n) is 9.88. The van der Waals surface area contributed by atoms with E-state index in [1.807, 2.05) is 6.92 Å². The summed E-state index contributed by atoms with van der Waals surface area (Å²) in [6.45, 7) is 8.64. The van der Waals surface area contributed by atoms with Crippen LogP contribution in [0.2, 0.25) is 0 Å². The van der Waals surface area contributed by atoms with Crippen LogP contribution in [0, 0.1) is 13.8 Å². The Labute approximate surface area is 91.5 Å². The molecule has 0 N–H and O–H groups in total. The molecule has 3 heteroatoms. The lowest BCUT2D eigenvalue weighted by Gasteiger charge is -2.33. The molecule has 82 valence electrons. The van der Waals surface area contributed by atoms with Gasteiger partial charge in [0.25, 0.3) is 0 Å². The Balaban J connectivity index is 2.35. The van der Waals surface area contributed by atoms with Crippen LogP contribution in [-0.2, 0) is 6.42 Å². The van der Waals surface area contributed by atoms with Crippen LogP contribution in [0.3, 0.4) is 0 Å². The molecule has 0 saturated carbocycles. The average Bonchev–Trinajstić information content (AvgIpc) is 2.10. The van der Waals surface area contributed by atoms with Gasteiger partial charge in [0, 0.05) is 24.3 Å². The van der Waals surface area contributed by atoms with Crippen LogP contribution in [0.4, 0.5) is 5.82 Å². The van der Waals surface area contributed by atoms with Gasteiger partial charge in [-0.05, 0) is 26.7 Å². The van der Waals surface area contributed by atoms with E-state index in [9.17, 15) is 0 Å². The zero-order valence-corrected chi connectivity index (χ0v) is 9.88. The minimum absolute atomic E-state index is 0.908. The highest BCUT2D eigenvalue weighted by molar-refractivity contribution is 5.50. The van der Waals surface area contributed by atoms with Gasteiger partial charge in [0.05, 0.1) is 0 Å². The lowest BCUT2D eigenvalue weighted by atomic mass is 10.1. The molecule has 0 radical (unpaired) electrons. The first-order chi connectivity index (χ1) is 7.22. The van der Waals surface area contributed by atoms with Gasteiger partial charge >= 0.3 is 0 Å². The van der Waals surface area contributed by atoms with Crippen LogP contribution in [0.5, 0.6) is 0 Å². The van der Waals surface area contributed by atoms with Crippen molar-refractivity contribution in [3.63, 3.8) is 0 Å². The maximum atomic E-state index is 4.55. The predicted octanol–water partition coefficient (Wildman–Crippen LogP) is 2.26. The van der Waals surface area contributed by atoms with Crippen molar-refractivity contribution in [1.29, 1.82) is 0 Å². The molecule has 2 heterocycles. The highest BCUT2D eigenvalue weighted by Gasteiger charge is 2.20. The summed E-state index contributed by atoms with van der Waals surface area (Å²) >= 11 is 0. The SMILES string of the molecule is CCCc1nc(C)nc(N2CCC2)c1C. The number of hydrogen-bond donors (Lipinski definition) is 0. The van der Waals surface area contributed by atoms with Crippen molar-refractivity contribution < 1.29 is 0 Å². The molecule has 3 nitrogen and oxygen atoms in total. The van der Waals surface area contributed by atoms with Gasteiger partial charge < -0.3 is 4.90 Å². The molecule has 0 bridgehead atoms. The van der Waals surface area contributed by atoms with Crippen molar-refractivity contribution in [2.24, 2.45) is 0 Å². The summed E-state index contributed by atoms with van der Waals surface area (Å²) in [6.07, 6.45) is 3.51. The summed E-state index contributed by atoms with van der Waals surface area (Å²) in [5.74, 6) is 2.07. The quantitative estimate of drug-likeness (QED) is 0.758. The molecule has 1 aromatic heterocycles. The lowest BCUT2D eigenvalue weighted by molar-refractivity contribution is 0.604. The van der Waals surface area contributed by atoms with Gasteiger partial charge in [0.1, 0.15) is 11.6 Å². The maximum Gasteiger partial charge on any atom is 0.135 e. The molecule has 2 rings (SSSR count). The minimum Gasteiger partial charge on any atom is -0.356 e. The van der Waals surface area contributed by atoms with Gasteiger partial charge in [0.2, 0.25) is 0 Å². The zero-order chi connectivity index (χ0) is 10.8. The molecule has 0 unspecified atom stereocenters. The van der Waals surface area contributed by atoms with Crippen molar-refractivity contribution in [2.45, 2.75) is 40.0 Å². The van der Waals surface area contributed by atoms with E-state index in [2.05, 4.69) is 28.7 Å². The van der Waals surface area contributed by atoms with Crippen LogP contribution < -0.4 is 4.90 Å². The highest BCUT2D eigenvalue weighted by Crippen LogP contribution is 2.24. The second kappa shape index (κ2) is 4.17. The molecule has 1 aromatic rings. The number of aryl methyl sites for hydroxylation is 2. The van der Waals surface area contributed by atoms with Gasteiger partial charge in [-0.25, -0.2) is 9.97 Å². The molecule has 0 atom stereocenters. The van der Waals surface area contributed by atoms with Gasteiger partial charge in [-0.3, -0.25) is 0 Å². The van der Waals surface area contributed by atoms with Crippen molar-refractivity contribution in [3.05, 3.63) is 17.1 Å². The largest absolute Gasteiger partial charge is 0.356 e. The first-order valence-corrected chi connectivity index (χ1v) is 5.81. The maximum absolute atomic E-state index is 4.55. The molecule has 0 spiro atoms. The van der Waals surface area contributed by atoms with E-state index in [1.165, 1.54) is 17.7 Å². The number of anilines is 1. The monoisotopic (exact) mass is 205 g/mol. The Kier molecular flexibility index (Phi) is 2.89. The average molecular weight is 205 g/mol. The summed E-state index contributed by atoms with van der Waals surface area (Å²) in [6, 6.07) is 0. The van der Waals surface area contributed by atoms with Gasteiger partial charge in [-0.15, -0.1) is 0 Å². The van der Waals surface area contributed by atoms with E-state index in [1.54, 1.807) is 0 Å². The summed E-state index contributed by atoms with van der Waals surface area (Å²) in [4.78, 5) is 11.4. The van der Waals surface area contributed by atoms with E-state index in [-0.39, 0.29) is 0 Å². The fourth-order valence-electron chi connectivity index (χ4n) is 1.99. The van der Waals surface area contributed by atoms with Crippen molar-refractivity contribution >= 4 is 5.82 Å². The molecule has 1 aliphatic rings. The Bertz CT molecular complexity index is 356. The summed E-state index contributed by atoms with van der Waals surface area (Å²) in [5, 5.41) is 0. The second-order valence-electron chi connectivity index (χ2n) is 4.26. The normalized spacial score (nSPS) is 15.3. The van der Waals surface area contributed by atoms with Crippen LogP contribution in [0.1, 0.15) is 36.8 Å². The third kappa shape index (κ3) is 1.96. The van der Waals surface area contributed by atoms with Crippen molar-refractivity contribution in [3.8, 4) is 0 Å². The van der Waals surface area contributed by atoms with Crippen molar-refractivity contribution in [1.82, 2.24) is 9.97 Å². The fraction of sp³-hybridized carbons (Fsp3) is 0.667. The number of hydrogen-bond acceptors (Lipinski definition) is 3. The molecule has 0 aromatic carbocycles. The van der Waals surface area contributed by atoms with Gasteiger partial charge in [-0.2, -0.15) is 0 Å². The molecule has 1 saturated heterocycles. The topological polar surface area (TPSA) is 29.0 Å². The molecule has 1 aliphatic heterocycles. The van der Waals surface area contributed by atoms with E-state index in [4.69, 9.17) is 0 Å². The Morgan fingerprint density at radius 1 is 1.20 bits per heavy atom. The van der Waals surface area contributed by atoms with Crippen molar-refractivity contribution in [2.75, 3.05) is 18.0 Å². The molecule has 0 aliphatic carbocycles.